The van der Waals surface area contributed by atoms with Crippen LogP contribution in [0.4, 0.5) is 11.4 Å². The van der Waals surface area contributed by atoms with Gasteiger partial charge in [-0.2, -0.15) is 0 Å². The molecule has 0 amide bonds. The Hall–Kier alpha value is -5.60. The Labute approximate surface area is 310 Å². The number of hydrogen-bond acceptors (Lipinski definition) is 1. The van der Waals surface area contributed by atoms with Crippen molar-refractivity contribution in [1.29, 1.82) is 0 Å². The van der Waals surface area contributed by atoms with Crippen molar-refractivity contribution in [3.8, 4) is 27.9 Å². The smallest absolute Gasteiger partial charge is 0.0637 e. The molecule has 52 heavy (non-hydrogen) atoms. The highest BCUT2D eigenvalue weighted by atomic mass is 15.2. The second-order valence-corrected chi connectivity index (χ2v) is 13.7. The van der Waals surface area contributed by atoms with E-state index in [9.17, 15) is 0 Å². The van der Waals surface area contributed by atoms with Crippen LogP contribution in [-0.2, 0) is 0 Å². The summed E-state index contributed by atoms with van der Waals surface area (Å²) in [7, 11) is 0. The maximum atomic E-state index is 2.54. The molecule has 1 aromatic heterocycles. The lowest BCUT2D eigenvalue weighted by Gasteiger charge is -2.31. The highest BCUT2D eigenvalue weighted by molar-refractivity contribution is 5.95. The number of unbranched alkanes of at least 4 members (excludes halogenated alkanes) is 2. The van der Waals surface area contributed by atoms with Crippen molar-refractivity contribution in [2.75, 3.05) is 4.90 Å². The fraction of sp³-hybridized carbons (Fsp3) is 0.200. The van der Waals surface area contributed by atoms with E-state index in [1.807, 2.05) is 0 Å². The van der Waals surface area contributed by atoms with Gasteiger partial charge in [0.25, 0.3) is 0 Å². The zero-order valence-electron chi connectivity index (χ0n) is 31.0. The van der Waals surface area contributed by atoms with Crippen LogP contribution in [0.5, 0.6) is 0 Å². The van der Waals surface area contributed by atoms with E-state index in [1.54, 1.807) is 0 Å². The molecule has 2 heterocycles. The largest absolute Gasteiger partial charge is 0.333 e. The lowest BCUT2D eigenvalue weighted by molar-refractivity contribution is 0.725. The maximum absolute atomic E-state index is 2.54. The summed E-state index contributed by atoms with van der Waals surface area (Å²) in [4.78, 5) is 2.54. The van der Waals surface area contributed by atoms with Crippen molar-refractivity contribution in [3.05, 3.63) is 181 Å². The molecule has 0 saturated carbocycles. The second kappa shape index (κ2) is 16.2. The standard InChI is InChI=1S/C42H30N2.2C4H10/c1-3-13-29(14-4-1)30-23-25-32(26-24-30)43-37-21-11-8-18-34(37)41-39(43)27-28-40-42(41)35-19-9-12-22-38(35)44(40)36-20-10-7-17-33(36)31-15-5-2-6-16-31;2*1-3-4-2/h1-28,39,41H;2*3-4H2,1-2H3. The third-order valence-corrected chi connectivity index (χ3v) is 10.4. The summed E-state index contributed by atoms with van der Waals surface area (Å²) in [5.41, 5.74) is 14.0. The van der Waals surface area contributed by atoms with E-state index >= 15 is 0 Å². The van der Waals surface area contributed by atoms with Crippen LogP contribution in [0.3, 0.4) is 0 Å². The Morgan fingerprint density at radius 1 is 0.481 bits per heavy atom. The molecule has 0 spiro atoms. The molecular formula is C50H50N2. The quantitative estimate of drug-likeness (QED) is 0.170. The molecule has 9 rings (SSSR count). The van der Waals surface area contributed by atoms with Crippen molar-refractivity contribution >= 4 is 28.4 Å². The highest BCUT2D eigenvalue weighted by Gasteiger charge is 2.43. The molecule has 2 aliphatic rings. The number of aromatic nitrogens is 1. The van der Waals surface area contributed by atoms with Gasteiger partial charge in [0.15, 0.2) is 0 Å². The number of fused-ring (bicyclic) bond motifs is 7. The number of anilines is 2. The van der Waals surface area contributed by atoms with Crippen LogP contribution < -0.4 is 4.90 Å². The first kappa shape index (κ1) is 34.8. The fourth-order valence-electron chi connectivity index (χ4n) is 7.50. The summed E-state index contributed by atoms with van der Waals surface area (Å²) >= 11 is 0. The van der Waals surface area contributed by atoms with Crippen LogP contribution in [0.1, 0.15) is 76.1 Å². The molecular weight excluding hydrogens is 629 g/mol. The van der Waals surface area contributed by atoms with Gasteiger partial charge in [0.05, 0.1) is 22.9 Å². The Morgan fingerprint density at radius 3 is 1.69 bits per heavy atom. The SMILES string of the molecule is C1=CC2C(c3ccccc3N2c2ccc(-c3ccccc3)cc2)c2c1n(-c1ccccc1-c1ccccc1)c1ccccc21.CCCC.CCCC. The molecule has 0 fully saturated rings. The van der Waals surface area contributed by atoms with Crippen LogP contribution in [-0.4, -0.2) is 10.6 Å². The lowest BCUT2D eigenvalue weighted by atomic mass is 9.82. The van der Waals surface area contributed by atoms with Gasteiger partial charge >= 0.3 is 0 Å². The van der Waals surface area contributed by atoms with E-state index < -0.39 is 0 Å². The van der Waals surface area contributed by atoms with Crippen molar-refractivity contribution in [2.45, 2.75) is 65.3 Å². The summed E-state index contributed by atoms with van der Waals surface area (Å²) in [5, 5.41) is 1.32. The summed E-state index contributed by atoms with van der Waals surface area (Å²) in [5.74, 6) is 0.218. The zero-order valence-corrected chi connectivity index (χ0v) is 31.0. The molecule has 260 valence electrons. The van der Waals surface area contributed by atoms with Gasteiger partial charge in [0.1, 0.15) is 0 Å². The Kier molecular flexibility index (Phi) is 10.8. The number of benzene rings is 6. The molecule has 0 saturated heterocycles. The third-order valence-electron chi connectivity index (χ3n) is 10.4. The average molecular weight is 679 g/mol. The van der Waals surface area contributed by atoms with Gasteiger partial charge in [-0.25, -0.2) is 0 Å². The van der Waals surface area contributed by atoms with E-state index in [0.29, 0.717) is 0 Å². The molecule has 0 bridgehead atoms. The van der Waals surface area contributed by atoms with Crippen molar-refractivity contribution < 1.29 is 0 Å². The Bertz CT molecular complexity index is 2230. The van der Waals surface area contributed by atoms with Gasteiger partial charge in [0, 0.05) is 28.2 Å². The predicted octanol–water partition coefficient (Wildman–Crippen LogP) is 14.3. The topological polar surface area (TPSA) is 8.17 Å². The molecule has 0 radical (unpaired) electrons. The molecule has 7 aromatic rings. The number of nitrogens with zero attached hydrogens (tertiary/aromatic N) is 2. The second-order valence-electron chi connectivity index (χ2n) is 13.7. The van der Waals surface area contributed by atoms with Crippen LogP contribution in [0.2, 0.25) is 0 Å². The van der Waals surface area contributed by atoms with E-state index in [2.05, 4.69) is 207 Å². The van der Waals surface area contributed by atoms with Crippen molar-refractivity contribution in [1.82, 2.24) is 4.57 Å². The van der Waals surface area contributed by atoms with Gasteiger partial charge in [-0.3, -0.25) is 0 Å². The van der Waals surface area contributed by atoms with Gasteiger partial charge in [-0.05, 0) is 64.2 Å². The summed E-state index contributed by atoms with van der Waals surface area (Å²) in [6.07, 6.45) is 10.1. The van der Waals surface area contributed by atoms with Gasteiger partial charge in [-0.1, -0.05) is 187 Å². The Balaban J connectivity index is 0.000000480. The monoisotopic (exact) mass is 678 g/mol. The first-order chi connectivity index (χ1) is 25.7. The van der Waals surface area contributed by atoms with E-state index in [4.69, 9.17) is 0 Å². The molecule has 1 aliphatic carbocycles. The zero-order chi connectivity index (χ0) is 35.9. The molecule has 0 N–H and O–H groups in total. The molecule has 2 nitrogen and oxygen atoms in total. The average Bonchev–Trinajstić information content (AvgIpc) is 3.74. The summed E-state index contributed by atoms with van der Waals surface area (Å²) < 4.78 is 2.49. The summed E-state index contributed by atoms with van der Waals surface area (Å²) in [6, 6.07) is 57.3. The first-order valence-corrected chi connectivity index (χ1v) is 19.2. The fourth-order valence-corrected chi connectivity index (χ4v) is 7.50. The van der Waals surface area contributed by atoms with Crippen molar-refractivity contribution in [3.63, 3.8) is 0 Å². The minimum absolute atomic E-state index is 0.186. The number of rotatable bonds is 6. The maximum Gasteiger partial charge on any atom is 0.0637 e. The van der Waals surface area contributed by atoms with Crippen LogP contribution in [0, 0.1) is 0 Å². The number of para-hydroxylation sites is 3. The third kappa shape index (κ3) is 6.62. The van der Waals surface area contributed by atoms with E-state index in [1.165, 1.54) is 92.7 Å². The highest BCUT2D eigenvalue weighted by Crippen LogP contribution is 2.54. The minimum atomic E-state index is 0.186. The van der Waals surface area contributed by atoms with Crippen LogP contribution in [0.25, 0.3) is 44.9 Å². The lowest BCUT2D eigenvalue weighted by Crippen LogP contribution is -2.30. The normalized spacial score (nSPS) is 15.1. The van der Waals surface area contributed by atoms with Gasteiger partial charge in [-0.15, -0.1) is 0 Å². The van der Waals surface area contributed by atoms with Crippen LogP contribution >= 0.6 is 0 Å². The molecule has 6 aromatic carbocycles. The summed E-state index contributed by atoms with van der Waals surface area (Å²) in [6.45, 7) is 8.72. The van der Waals surface area contributed by atoms with E-state index in [-0.39, 0.29) is 12.0 Å². The molecule has 2 unspecified atom stereocenters. The minimum Gasteiger partial charge on any atom is -0.333 e. The predicted molar refractivity (Wildman–Crippen MR) is 225 cm³/mol. The van der Waals surface area contributed by atoms with Gasteiger partial charge in [0.2, 0.25) is 0 Å². The van der Waals surface area contributed by atoms with E-state index in [0.717, 1.165) is 0 Å². The first-order valence-electron chi connectivity index (χ1n) is 19.2. The Morgan fingerprint density at radius 2 is 1.02 bits per heavy atom. The molecule has 2 heteroatoms. The molecule has 1 aliphatic heterocycles. The number of hydrogen-bond donors (Lipinski definition) is 0. The molecule has 2 atom stereocenters. The van der Waals surface area contributed by atoms with Crippen LogP contribution in [0.15, 0.2) is 164 Å². The van der Waals surface area contributed by atoms with Crippen molar-refractivity contribution in [2.24, 2.45) is 0 Å². The van der Waals surface area contributed by atoms with Gasteiger partial charge < -0.3 is 9.47 Å².